The third kappa shape index (κ3) is 5.45. The molecule has 1 saturated heterocycles. The summed E-state index contributed by atoms with van der Waals surface area (Å²) in [7, 11) is 0. The van der Waals surface area contributed by atoms with Crippen molar-refractivity contribution in [3.8, 4) is 5.88 Å². The van der Waals surface area contributed by atoms with Gasteiger partial charge in [-0.05, 0) is 58.1 Å². The van der Waals surface area contributed by atoms with Gasteiger partial charge >= 0.3 is 6.09 Å². The second kappa shape index (κ2) is 8.30. The maximum atomic E-state index is 12.3. The number of benzene rings is 1. The van der Waals surface area contributed by atoms with Gasteiger partial charge < -0.3 is 14.4 Å². The third-order valence-corrected chi connectivity index (χ3v) is 4.68. The van der Waals surface area contributed by atoms with Crippen LogP contribution in [0.3, 0.4) is 0 Å². The first-order valence-electron chi connectivity index (χ1n) is 9.35. The minimum absolute atomic E-state index is 0.239. The Hall–Kier alpha value is -2.08. The lowest BCUT2D eigenvalue weighted by Crippen LogP contribution is -2.43. The zero-order chi connectivity index (χ0) is 19.4. The lowest BCUT2D eigenvalue weighted by molar-refractivity contribution is 0.0154. The van der Waals surface area contributed by atoms with Crippen LogP contribution in [0.1, 0.15) is 40.0 Å². The number of aromatic nitrogens is 2. The molecule has 146 valence electrons. The van der Waals surface area contributed by atoms with Gasteiger partial charge in [0.15, 0.2) is 5.15 Å². The molecule has 0 radical (unpaired) electrons. The molecule has 1 atom stereocenters. The highest BCUT2D eigenvalue weighted by Crippen LogP contribution is 2.25. The lowest BCUT2D eigenvalue weighted by atomic mass is 9.95. The molecule has 1 aromatic heterocycles. The topological polar surface area (TPSA) is 64.5 Å². The second-order valence-electron chi connectivity index (χ2n) is 7.88. The third-order valence-electron chi connectivity index (χ3n) is 4.43. The number of piperidine rings is 1. The molecule has 1 unspecified atom stereocenters. The summed E-state index contributed by atoms with van der Waals surface area (Å²) in [5.74, 6) is 0.730. The van der Waals surface area contributed by atoms with E-state index in [1.807, 2.05) is 45.0 Å². The van der Waals surface area contributed by atoms with E-state index >= 15 is 0 Å². The first-order valence-corrected chi connectivity index (χ1v) is 9.72. The summed E-state index contributed by atoms with van der Waals surface area (Å²) < 4.78 is 11.3. The minimum atomic E-state index is -0.474. The van der Waals surface area contributed by atoms with Gasteiger partial charge in [0.05, 0.1) is 17.6 Å². The molecular formula is C20H26ClN3O3. The van der Waals surface area contributed by atoms with Crippen LogP contribution in [0.4, 0.5) is 4.79 Å². The summed E-state index contributed by atoms with van der Waals surface area (Å²) in [6.07, 6.45) is 2.63. The first kappa shape index (κ1) is 19.7. The van der Waals surface area contributed by atoms with E-state index in [1.54, 1.807) is 4.90 Å². The van der Waals surface area contributed by atoms with Gasteiger partial charge in [0.1, 0.15) is 5.60 Å². The van der Waals surface area contributed by atoms with Crippen molar-refractivity contribution >= 4 is 28.7 Å². The number of nitrogens with zero attached hydrogens (tertiary/aromatic N) is 3. The van der Waals surface area contributed by atoms with Crippen LogP contribution in [0, 0.1) is 5.92 Å². The van der Waals surface area contributed by atoms with Crippen LogP contribution in [0.25, 0.3) is 11.0 Å². The van der Waals surface area contributed by atoms with E-state index in [9.17, 15) is 4.79 Å². The predicted octanol–water partition coefficient (Wildman–Crippen LogP) is 4.70. The zero-order valence-corrected chi connectivity index (χ0v) is 16.8. The van der Waals surface area contributed by atoms with Gasteiger partial charge in [-0.1, -0.05) is 23.7 Å². The SMILES string of the molecule is CC(C)(C)OC(=O)N1CCCC(CCOc2nc3ccccc3nc2Cl)C1. The number of halogens is 1. The molecular weight excluding hydrogens is 366 g/mol. The molecule has 0 bridgehead atoms. The molecule has 1 aliphatic heterocycles. The average molecular weight is 392 g/mol. The highest BCUT2D eigenvalue weighted by Gasteiger charge is 2.27. The zero-order valence-electron chi connectivity index (χ0n) is 16.1. The Balaban J connectivity index is 1.53. The first-order chi connectivity index (χ1) is 12.8. The lowest BCUT2D eigenvalue weighted by Gasteiger charge is -2.34. The Labute approximate surface area is 164 Å². The number of fused-ring (bicyclic) bond motifs is 1. The molecule has 27 heavy (non-hydrogen) atoms. The fraction of sp³-hybridized carbons (Fsp3) is 0.550. The van der Waals surface area contributed by atoms with E-state index in [2.05, 4.69) is 9.97 Å². The van der Waals surface area contributed by atoms with Gasteiger partial charge in [-0.2, -0.15) is 0 Å². The van der Waals surface area contributed by atoms with Gasteiger partial charge in [-0.15, -0.1) is 0 Å². The maximum absolute atomic E-state index is 12.3. The predicted molar refractivity (Wildman–Crippen MR) is 105 cm³/mol. The number of rotatable bonds is 4. The molecule has 0 saturated carbocycles. The molecule has 0 aliphatic carbocycles. The summed E-state index contributed by atoms with van der Waals surface area (Å²) >= 11 is 6.18. The molecule has 7 heteroatoms. The van der Waals surface area contributed by atoms with E-state index in [-0.39, 0.29) is 11.2 Å². The van der Waals surface area contributed by atoms with Crippen LogP contribution in [0.15, 0.2) is 24.3 Å². The van der Waals surface area contributed by atoms with Crippen LogP contribution in [-0.4, -0.2) is 46.3 Å². The van der Waals surface area contributed by atoms with Gasteiger partial charge in [-0.3, -0.25) is 0 Å². The molecule has 1 fully saturated rings. The van der Waals surface area contributed by atoms with Crippen molar-refractivity contribution in [1.82, 2.24) is 14.9 Å². The van der Waals surface area contributed by atoms with Gasteiger partial charge in [0, 0.05) is 13.1 Å². The molecule has 1 aliphatic rings. The Kier molecular flexibility index (Phi) is 6.05. The minimum Gasteiger partial charge on any atom is -0.475 e. The average Bonchev–Trinajstić information content (AvgIpc) is 2.61. The van der Waals surface area contributed by atoms with Crippen LogP contribution >= 0.6 is 11.6 Å². The van der Waals surface area contributed by atoms with E-state index in [0.29, 0.717) is 24.9 Å². The molecule has 3 rings (SSSR count). The quantitative estimate of drug-likeness (QED) is 0.755. The van der Waals surface area contributed by atoms with Gasteiger partial charge in [-0.25, -0.2) is 14.8 Å². The number of likely N-dealkylation sites (tertiary alicyclic amines) is 1. The van der Waals surface area contributed by atoms with Crippen molar-refractivity contribution in [1.29, 1.82) is 0 Å². The number of amides is 1. The Morgan fingerprint density at radius 3 is 2.67 bits per heavy atom. The molecule has 1 amide bonds. The Morgan fingerprint density at radius 2 is 1.96 bits per heavy atom. The van der Waals surface area contributed by atoms with Crippen molar-refractivity contribution in [2.75, 3.05) is 19.7 Å². The monoisotopic (exact) mass is 391 g/mol. The Morgan fingerprint density at radius 1 is 1.26 bits per heavy atom. The molecule has 1 aromatic carbocycles. The molecule has 6 nitrogen and oxygen atoms in total. The molecule has 0 N–H and O–H groups in total. The number of ether oxygens (including phenoxy) is 2. The van der Waals surface area contributed by atoms with Crippen molar-refractivity contribution in [2.45, 2.75) is 45.6 Å². The van der Waals surface area contributed by atoms with E-state index in [0.717, 1.165) is 36.8 Å². The number of hydrogen-bond acceptors (Lipinski definition) is 5. The van der Waals surface area contributed by atoms with Gasteiger partial charge in [0.25, 0.3) is 5.88 Å². The fourth-order valence-corrected chi connectivity index (χ4v) is 3.36. The van der Waals surface area contributed by atoms with Gasteiger partial charge in [0.2, 0.25) is 0 Å². The summed E-state index contributed by atoms with van der Waals surface area (Å²) in [4.78, 5) is 22.8. The number of para-hydroxylation sites is 2. The summed E-state index contributed by atoms with van der Waals surface area (Å²) in [6, 6.07) is 7.55. The largest absolute Gasteiger partial charge is 0.475 e. The number of hydrogen-bond donors (Lipinski definition) is 0. The van der Waals surface area contributed by atoms with E-state index in [1.165, 1.54) is 0 Å². The van der Waals surface area contributed by atoms with Crippen molar-refractivity contribution in [3.63, 3.8) is 0 Å². The maximum Gasteiger partial charge on any atom is 0.410 e. The molecule has 2 heterocycles. The van der Waals surface area contributed by atoms with Crippen molar-refractivity contribution < 1.29 is 14.3 Å². The highest BCUT2D eigenvalue weighted by atomic mass is 35.5. The smallest absolute Gasteiger partial charge is 0.410 e. The number of carbonyl (C=O) groups is 1. The van der Waals surface area contributed by atoms with E-state index < -0.39 is 5.60 Å². The second-order valence-corrected chi connectivity index (χ2v) is 8.24. The molecule has 0 spiro atoms. The number of carbonyl (C=O) groups excluding carboxylic acids is 1. The van der Waals surface area contributed by atoms with E-state index in [4.69, 9.17) is 21.1 Å². The standard InChI is InChI=1S/C20H26ClN3O3/c1-20(2,3)27-19(25)24-11-6-7-14(13-24)10-12-26-18-17(21)22-15-8-4-5-9-16(15)23-18/h4-5,8-9,14H,6-7,10-13H2,1-3H3. The fourth-order valence-electron chi connectivity index (χ4n) is 3.17. The highest BCUT2D eigenvalue weighted by molar-refractivity contribution is 6.31. The van der Waals surface area contributed by atoms with Crippen molar-refractivity contribution in [2.24, 2.45) is 5.92 Å². The van der Waals surface area contributed by atoms with Crippen molar-refractivity contribution in [3.05, 3.63) is 29.4 Å². The van der Waals surface area contributed by atoms with Crippen LogP contribution < -0.4 is 4.74 Å². The van der Waals surface area contributed by atoms with Crippen LogP contribution in [0.2, 0.25) is 5.15 Å². The van der Waals surface area contributed by atoms with Crippen LogP contribution in [-0.2, 0) is 4.74 Å². The normalized spacial score (nSPS) is 17.8. The summed E-state index contributed by atoms with van der Waals surface area (Å²) in [5.41, 5.74) is 1.03. The van der Waals surface area contributed by atoms with Crippen LogP contribution in [0.5, 0.6) is 5.88 Å². The Bertz CT molecular complexity index is 807. The summed E-state index contributed by atoms with van der Waals surface area (Å²) in [6.45, 7) is 7.57. The molecule has 2 aromatic rings. The summed E-state index contributed by atoms with van der Waals surface area (Å²) in [5, 5.41) is 0.271.